The van der Waals surface area contributed by atoms with Crippen LogP contribution in [0.2, 0.25) is 0 Å². The molecule has 0 aliphatic heterocycles. The molecule has 1 aromatic rings. The van der Waals surface area contributed by atoms with Crippen molar-refractivity contribution in [1.82, 2.24) is 14.5 Å². The number of carboxylic acids is 1. The van der Waals surface area contributed by atoms with Gasteiger partial charge >= 0.3 is 5.97 Å². The molecule has 120 valence electrons. The zero-order chi connectivity index (χ0) is 16.0. The molecule has 0 aliphatic rings. The van der Waals surface area contributed by atoms with E-state index in [1.54, 1.807) is 0 Å². The molecule has 1 rings (SSSR count). The van der Waals surface area contributed by atoms with E-state index >= 15 is 0 Å². The van der Waals surface area contributed by atoms with E-state index in [0.717, 1.165) is 0 Å². The van der Waals surface area contributed by atoms with Gasteiger partial charge in [0.05, 0.1) is 25.8 Å². The van der Waals surface area contributed by atoms with Crippen LogP contribution in [0.25, 0.3) is 0 Å². The van der Waals surface area contributed by atoms with Crippen molar-refractivity contribution in [3.63, 3.8) is 0 Å². The minimum Gasteiger partial charge on any atom is -0.481 e. The molecule has 0 aliphatic carbocycles. The first-order chi connectivity index (χ1) is 9.76. The molecule has 2 N–H and O–H groups in total. The Morgan fingerprint density at radius 1 is 1.52 bits per heavy atom. The lowest BCUT2D eigenvalue weighted by Crippen LogP contribution is -2.41. The van der Waals surface area contributed by atoms with Crippen LogP contribution in [0.4, 0.5) is 0 Å². The lowest BCUT2D eigenvalue weighted by molar-refractivity contribution is -0.137. The van der Waals surface area contributed by atoms with Crippen LogP contribution in [-0.2, 0) is 26.1 Å². The second-order valence-corrected chi connectivity index (χ2v) is 6.72. The number of aryl methyl sites for hydroxylation is 1. The molecule has 1 atom stereocenters. The first-order valence-corrected chi connectivity index (χ1v) is 8.00. The highest BCUT2D eigenvalue weighted by molar-refractivity contribution is 7.89. The third-order valence-electron chi connectivity index (χ3n) is 2.93. The van der Waals surface area contributed by atoms with Gasteiger partial charge in [-0.2, -0.15) is 5.10 Å². The molecule has 0 aromatic carbocycles. The number of hydrogen-bond acceptors (Lipinski definition) is 5. The van der Waals surface area contributed by atoms with Gasteiger partial charge in [0.15, 0.2) is 0 Å². The van der Waals surface area contributed by atoms with Crippen LogP contribution in [0.15, 0.2) is 17.3 Å². The van der Waals surface area contributed by atoms with Crippen LogP contribution >= 0.6 is 0 Å². The van der Waals surface area contributed by atoms with E-state index in [1.165, 1.54) is 24.2 Å². The molecule has 0 amide bonds. The maximum atomic E-state index is 12.2. The minimum atomic E-state index is -3.71. The maximum Gasteiger partial charge on any atom is 0.305 e. The Balaban J connectivity index is 2.80. The first kappa shape index (κ1) is 17.6. The zero-order valence-electron chi connectivity index (χ0n) is 12.3. The topological polar surface area (TPSA) is 111 Å². The molecule has 0 spiro atoms. The van der Waals surface area contributed by atoms with Crippen LogP contribution in [0.5, 0.6) is 0 Å². The summed E-state index contributed by atoms with van der Waals surface area (Å²) in [7, 11) is -2.20. The Morgan fingerprint density at radius 3 is 2.71 bits per heavy atom. The van der Waals surface area contributed by atoms with E-state index in [2.05, 4.69) is 9.82 Å². The van der Waals surface area contributed by atoms with Gasteiger partial charge < -0.3 is 9.84 Å². The van der Waals surface area contributed by atoms with Crippen LogP contribution in [-0.4, -0.2) is 49.0 Å². The van der Waals surface area contributed by atoms with Crippen molar-refractivity contribution in [3.05, 3.63) is 12.4 Å². The van der Waals surface area contributed by atoms with Crippen LogP contribution in [0, 0.1) is 5.92 Å². The molecule has 0 saturated heterocycles. The smallest absolute Gasteiger partial charge is 0.305 e. The van der Waals surface area contributed by atoms with Crippen molar-refractivity contribution in [1.29, 1.82) is 0 Å². The summed E-state index contributed by atoms with van der Waals surface area (Å²) in [5, 5.41) is 12.5. The maximum absolute atomic E-state index is 12.2. The number of hydrogen-bond donors (Lipinski definition) is 2. The van der Waals surface area contributed by atoms with E-state index in [9.17, 15) is 13.2 Å². The quantitative estimate of drug-likeness (QED) is 0.677. The van der Waals surface area contributed by atoms with E-state index in [0.29, 0.717) is 0 Å². The molecular weight excluding hydrogens is 298 g/mol. The molecule has 8 nitrogen and oxygen atoms in total. The number of methoxy groups -OCH3 is 1. The van der Waals surface area contributed by atoms with Gasteiger partial charge in [-0.15, -0.1) is 0 Å². The van der Waals surface area contributed by atoms with Gasteiger partial charge in [-0.25, -0.2) is 13.1 Å². The SMILES string of the molecule is COCC(NS(=O)(=O)c1cnn(CCC(=O)O)c1)C(C)C. The molecule has 0 radical (unpaired) electrons. The molecule has 21 heavy (non-hydrogen) atoms. The van der Waals surface area contributed by atoms with Gasteiger partial charge in [0, 0.05) is 19.3 Å². The standard InChI is InChI=1S/C12H21N3O5S/c1-9(2)11(8-20-3)14-21(18,19)10-6-13-15(7-10)5-4-12(16)17/h6-7,9,11,14H,4-5,8H2,1-3H3,(H,16,17). The highest BCUT2D eigenvalue weighted by Gasteiger charge is 2.23. The molecule has 0 fully saturated rings. The van der Waals surface area contributed by atoms with Crippen molar-refractivity contribution in [2.75, 3.05) is 13.7 Å². The number of sulfonamides is 1. The summed E-state index contributed by atoms with van der Waals surface area (Å²) in [6.45, 7) is 4.17. The third-order valence-corrected chi connectivity index (χ3v) is 4.38. The summed E-state index contributed by atoms with van der Waals surface area (Å²) in [5.74, 6) is -0.894. The van der Waals surface area contributed by atoms with Crippen molar-refractivity contribution < 1.29 is 23.1 Å². The lowest BCUT2D eigenvalue weighted by atomic mass is 10.1. The molecule has 0 saturated carbocycles. The number of nitrogens with zero attached hydrogens (tertiary/aromatic N) is 2. The summed E-state index contributed by atoms with van der Waals surface area (Å²) in [6.07, 6.45) is 2.40. The summed E-state index contributed by atoms with van der Waals surface area (Å²) >= 11 is 0. The third kappa shape index (κ3) is 5.44. The van der Waals surface area contributed by atoms with Crippen LogP contribution in [0.3, 0.4) is 0 Å². The lowest BCUT2D eigenvalue weighted by Gasteiger charge is -2.20. The number of aliphatic carboxylic acids is 1. The van der Waals surface area contributed by atoms with E-state index < -0.39 is 16.0 Å². The van der Waals surface area contributed by atoms with Gasteiger partial charge in [-0.1, -0.05) is 13.8 Å². The van der Waals surface area contributed by atoms with Crippen molar-refractivity contribution in [3.8, 4) is 0 Å². The van der Waals surface area contributed by atoms with Crippen LogP contribution in [0.1, 0.15) is 20.3 Å². The highest BCUT2D eigenvalue weighted by Crippen LogP contribution is 2.11. The fourth-order valence-electron chi connectivity index (χ4n) is 1.63. The Morgan fingerprint density at radius 2 is 2.19 bits per heavy atom. The van der Waals surface area contributed by atoms with Crippen molar-refractivity contribution in [2.45, 2.75) is 37.8 Å². The Labute approximate surface area is 124 Å². The Hall–Kier alpha value is -1.45. The highest BCUT2D eigenvalue weighted by atomic mass is 32.2. The second-order valence-electron chi connectivity index (χ2n) is 5.01. The predicted molar refractivity (Wildman–Crippen MR) is 75.3 cm³/mol. The van der Waals surface area contributed by atoms with Gasteiger partial charge in [-0.05, 0) is 5.92 Å². The second kappa shape index (κ2) is 7.53. The van der Waals surface area contributed by atoms with E-state index in [-0.39, 0.29) is 36.4 Å². The van der Waals surface area contributed by atoms with Gasteiger partial charge in [0.25, 0.3) is 0 Å². The summed E-state index contributed by atoms with van der Waals surface area (Å²) in [4.78, 5) is 10.5. The molecule has 9 heteroatoms. The molecule has 1 heterocycles. The van der Waals surface area contributed by atoms with E-state index in [1.807, 2.05) is 13.8 Å². The van der Waals surface area contributed by atoms with Gasteiger partial charge in [0.1, 0.15) is 4.90 Å². The van der Waals surface area contributed by atoms with Crippen LogP contribution < -0.4 is 4.72 Å². The predicted octanol–water partition coefficient (Wildman–Crippen LogP) is 0.307. The number of ether oxygens (including phenoxy) is 1. The van der Waals surface area contributed by atoms with Crippen molar-refractivity contribution in [2.24, 2.45) is 5.92 Å². The number of carboxylic acid groups (broad SMARTS) is 1. The average molecular weight is 319 g/mol. The molecule has 0 bridgehead atoms. The first-order valence-electron chi connectivity index (χ1n) is 6.51. The number of carbonyl (C=O) groups is 1. The largest absolute Gasteiger partial charge is 0.481 e. The Bertz CT molecular complexity index is 567. The van der Waals surface area contributed by atoms with Crippen molar-refractivity contribution >= 4 is 16.0 Å². The number of rotatable bonds is 9. The fourth-order valence-corrected chi connectivity index (χ4v) is 2.95. The summed E-state index contributed by atoms with van der Waals surface area (Å²) in [5.41, 5.74) is 0. The van der Waals surface area contributed by atoms with Gasteiger partial charge in [-0.3, -0.25) is 9.48 Å². The monoisotopic (exact) mass is 319 g/mol. The van der Waals surface area contributed by atoms with Gasteiger partial charge in [0.2, 0.25) is 10.0 Å². The normalized spacial score (nSPS) is 13.5. The van der Waals surface area contributed by atoms with E-state index in [4.69, 9.17) is 9.84 Å². The molecule has 1 aromatic heterocycles. The average Bonchev–Trinajstić information content (AvgIpc) is 2.85. The summed E-state index contributed by atoms with van der Waals surface area (Å²) in [6, 6.07) is -0.345. The Kier molecular flexibility index (Phi) is 6.31. The minimum absolute atomic E-state index is 0.00893. The summed E-state index contributed by atoms with van der Waals surface area (Å²) < 4.78 is 33.3. The number of aromatic nitrogens is 2. The number of nitrogens with one attached hydrogen (secondary N) is 1. The fraction of sp³-hybridized carbons (Fsp3) is 0.667. The molecular formula is C12H21N3O5S. The molecule has 1 unspecified atom stereocenters. The zero-order valence-corrected chi connectivity index (χ0v) is 13.1.